The molecule has 1 atom stereocenters. The lowest BCUT2D eigenvalue weighted by molar-refractivity contribution is 0.524. The number of furan rings is 1. The summed E-state index contributed by atoms with van der Waals surface area (Å²) in [5, 5.41) is 3.62. The molecule has 0 aliphatic rings. The third-order valence-electron chi connectivity index (χ3n) is 3.81. The molecule has 0 saturated carbocycles. The molecule has 1 aromatic heterocycles. The molecule has 2 nitrogen and oxygen atoms in total. The summed E-state index contributed by atoms with van der Waals surface area (Å²) in [6.07, 6.45) is 6.68. The summed E-state index contributed by atoms with van der Waals surface area (Å²) in [5.74, 6) is 0.966. The van der Waals surface area contributed by atoms with Gasteiger partial charge in [-0.05, 0) is 49.9 Å². The van der Waals surface area contributed by atoms with Crippen LogP contribution in [-0.4, -0.2) is 6.54 Å². The number of unbranched alkanes of at least 4 members (excludes halogenated alkanes) is 1. The summed E-state index contributed by atoms with van der Waals surface area (Å²) >= 11 is 0. The Labute approximate surface area is 128 Å². The first-order valence-electron chi connectivity index (χ1n) is 8.11. The van der Waals surface area contributed by atoms with Crippen molar-refractivity contribution in [2.24, 2.45) is 0 Å². The van der Waals surface area contributed by atoms with E-state index in [1.807, 2.05) is 13.2 Å². The Hall–Kier alpha value is -1.54. The van der Waals surface area contributed by atoms with Gasteiger partial charge < -0.3 is 9.73 Å². The quantitative estimate of drug-likeness (QED) is 0.736. The molecule has 114 valence electrons. The van der Waals surface area contributed by atoms with E-state index in [0.717, 1.165) is 18.7 Å². The maximum atomic E-state index is 5.48. The summed E-state index contributed by atoms with van der Waals surface area (Å²) in [7, 11) is 0. The summed E-state index contributed by atoms with van der Waals surface area (Å²) in [6.45, 7) is 7.43. The molecular weight excluding hydrogens is 258 g/mol. The van der Waals surface area contributed by atoms with E-state index in [1.54, 1.807) is 0 Å². The van der Waals surface area contributed by atoms with Crippen LogP contribution >= 0.6 is 0 Å². The zero-order valence-corrected chi connectivity index (χ0v) is 13.5. The van der Waals surface area contributed by atoms with Crippen LogP contribution in [0, 0.1) is 6.92 Å². The fraction of sp³-hybridized carbons (Fsp3) is 0.474. The van der Waals surface area contributed by atoms with Gasteiger partial charge in [-0.1, -0.05) is 44.5 Å². The fourth-order valence-corrected chi connectivity index (χ4v) is 2.59. The van der Waals surface area contributed by atoms with Gasteiger partial charge in [0.15, 0.2) is 0 Å². The van der Waals surface area contributed by atoms with Crippen molar-refractivity contribution in [2.45, 2.75) is 52.5 Å². The van der Waals surface area contributed by atoms with Gasteiger partial charge in [-0.2, -0.15) is 0 Å². The van der Waals surface area contributed by atoms with Gasteiger partial charge in [0.2, 0.25) is 0 Å². The molecule has 2 heteroatoms. The lowest BCUT2D eigenvalue weighted by Gasteiger charge is -2.18. The highest BCUT2D eigenvalue weighted by Crippen LogP contribution is 2.24. The second-order valence-corrected chi connectivity index (χ2v) is 5.72. The van der Waals surface area contributed by atoms with Crippen LogP contribution in [0.25, 0.3) is 0 Å². The first kappa shape index (κ1) is 15.8. The van der Waals surface area contributed by atoms with Gasteiger partial charge in [-0.25, -0.2) is 0 Å². The van der Waals surface area contributed by atoms with Gasteiger partial charge in [-0.15, -0.1) is 0 Å². The van der Waals surface area contributed by atoms with Crippen LogP contribution in [0.1, 0.15) is 61.6 Å². The smallest absolute Gasteiger partial charge is 0.101 e. The molecule has 0 radical (unpaired) electrons. The molecular formula is C19H27NO. The minimum absolute atomic E-state index is 0.225. The maximum absolute atomic E-state index is 5.48. The van der Waals surface area contributed by atoms with E-state index in [2.05, 4.69) is 49.5 Å². The van der Waals surface area contributed by atoms with E-state index in [4.69, 9.17) is 4.42 Å². The lowest BCUT2D eigenvalue weighted by atomic mass is 9.98. The number of hydrogen-bond acceptors (Lipinski definition) is 2. The average molecular weight is 285 g/mol. The molecule has 0 spiro atoms. The lowest BCUT2D eigenvalue weighted by Crippen LogP contribution is -2.22. The third kappa shape index (κ3) is 4.47. The Kier molecular flexibility index (Phi) is 6.06. The van der Waals surface area contributed by atoms with Gasteiger partial charge in [0.25, 0.3) is 0 Å². The predicted molar refractivity (Wildman–Crippen MR) is 88.6 cm³/mol. The molecule has 1 unspecified atom stereocenters. The van der Waals surface area contributed by atoms with E-state index >= 15 is 0 Å². The van der Waals surface area contributed by atoms with Crippen molar-refractivity contribution in [3.05, 3.63) is 59.0 Å². The summed E-state index contributed by atoms with van der Waals surface area (Å²) in [4.78, 5) is 0. The number of aryl methyl sites for hydroxylation is 2. The highest BCUT2D eigenvalue weighted by molar-refractivity contribution is 5.33. The van der Waals surface area contributed by atoms with Crippen LogP contribution in [0.5, 0.6) is 0 Å². The average Bonchev–Trinajstić information content (AvgIpc) is 2.93. The summed E-state index contributed by atoms with van der Waals surface area (Å²) in [6, 6.07) is 11.4. The Morgan fingerprint density at radius 3 is 2.38 bits per heavy atom. The standard InChI is InChI=1S/C19H27NO/c1-4-6-7-16-8-10-17(11-9-16)19(20-12-5-2)18-13-15(3)21-14-18/h8-11,13-14,19-20H,4-7,12H2,1-3H3. The highest BCUT2D eigenvalue weighted by atomic mass is 16.3. The Bertz CT molecular complexity index is 527. The van der Waals surface area contributed by atoms with Gasteiger partial charge in [0.1, 0.15) is 5.76 Å². The van der Waals surface area contributed by atoms with Gasteiger partial charge in [-0.3, -0.25) is 0 Å². The zero-order valence-electron chi connectivity index (χ0n) is 13.5. The normalized spacial score (nSPS) is 12.5. The minimum Gasteiger partial charge on any atom is -0.469 e. The Balaban J connectivity index is 2.16. The maximum Gasteiger partial charge on any atom is 0.101 e. The van der Waals surface area contributed by atoms with Crippen molar-refractivity contribution >= 4 is 0 Å². The molecule has 2 aromatic rings. The molecule has 0 amide bonds. The van der Waals surface area contributed by atoms with Gasteiger partial charge in [0.05, 0.1) is 12.3 Å². The number of hydrogen-bond donors (Lipinski definition) is 1. The van der Waals surface area contributed by atoms with Crippen LogP contribution in [-0.2, 0) is 6.42 Å². The van der Waals surface area contributed by atoms with Gasteiger partial charge >= 0.3 is 0 Å². The van der Waals surface area contributed by atoms with Crippen molar-refractivity contribution in [3.8, 4) is 0 Å². The number of nitrogens with one attached hydrogen (secondary N) is 1. The van der Waals surface area contributed by atoms with E-state index in [9.17, 15) is 0 Å². The second-order valence-electron chi connectivity index (χ2n) is 5.72. The minimum atomic E-state index is 0.225. The van der Waals surface area contributed by atoms with Crippen molar-refractivity contribution in [1.29, 1.82) is 0 Å². The van der Waals surface area contributed by atoms with E-state index < -0.39 is 0 Å². The molecule has 0 aliphatic carbocycles. The van der Waals surface area contributed by atoms with Crippen molar-refractivity contribution in [2.75, 3.05) is 6.54 Å². The molecule has 0 fully saturated rings. The molecule has 1 heterocycles. The molecule has 0 saturated heterocycles. The summed E-state index contributed by atoms with van der Waals surface area (Å²) < 4.78 is 5.48. The molecule has 1 aromatic carbocycles. The second kappa shape index (κ2) is 8.04. The van der Waals surface area contributed by atoms with Crippen molar-refractivity contribution < 1.29 is 4.42 Å². The fourth-order valence-electron chi connectivity index (χ4n) is 2.59. The van der Waals surface area contributed by atoms with E-state index in [-0.39, 0.29) is 6.04 Å². The highest BCUT2D eigenvalue weighted by Gasteiger charge is 2.15. The van der Waals surface area contributed by atoms with Crippen LogP contribution in [0.15, 0.2) is 41.0 Å². The number of benzene rings is 1. The van der Waals surface area contributed by atoms with E-state index in [0.29, 0.717) is 0 Å². The number of rotatable bonds is 8. The third-order valence-corrected chi connectivity index (χ3v) is 3.81. The molecule has 21 heavy (non-hydrogen) atoms. The van der Waals surface area contributed by atoms with Crippen molar-refractivity contribution in [3.63, 3.8) is 0 Å². The van der Waals surface area contributed by atoms with Crippen LogP contribution in [0.3, 0.4) is 0 Å². The summed E-state index contributed by atoms with van der Waals surface area (Å²) in [5.41, 5.74) is 3.95. The Morgan fingerprint density at radius 2 is 1.81 bits per heavy atom. The van der Waals surface area contributed by atoms with Crippen LogP contribution < -0.4 is 5.32 Å². The largest absolute Gasteiger partial charge is 0.469 e. The first-order valence-corrected chi connectivity index (χ1v) is 8.11. The molecule has 0 bridgehead atoms. The van der Waals surface area contributed by atoms with Gasteiger partial charge in [0, 0.05) is 5.56 Å². The van der Waals surface area contributed by atoms with Crippen LogP contribution in [0.4, 0.5) is 0 Å². The molecule has 0 aliphatic heterocycles. The topological polar surface area (TPSA) is 25.2 Å². The zero-order chi connectivity index (χ0) is 15.1. The monoisotopic (exact) mass is 285 g/mol. The van der Waals surface area contributed by atoms with E-state index in [1.165, 1.54) is 36.0 Å². The van der Waals surface area contributed by atoms with Crippen molar-refractivity contribution in [1.82, 2.24) is 5.32 Å². The Morgan fingerprint density at radius 1 is 1.05 bits per heavy atom. The van der Waals surface area contributed by atoms with Crippen LogP contribution in [0.2, 0.25) is 0 Å². The SMILES string of the molecule is CCCCc1ccc(C(NCCC)c2coc(C)c2)cc1. The molecule has 1 N–H and O–H groups in total. The first-order chi connectivity index (χ1) is 10.2. The predicted octanol–water partition coefficient (Wildman–Crippen LogP) is 5.02. The molecule has 2 rings (SSSR count).